The lowest BCUT2D eigenvalue weighted by Gasteiger charge is -2.64. The average molecular weight is 551 g/mol. The van der Waals surface area contributed by atoms with E-state index in [9.17, 15) is 25.2 Å². The Labute approximate surface area is 230 Å². The first-order chi connectivity index (χ1) is 18.6. The van der Waals surface area contributed by atoms with Crippen molar-refractivity contribution in [3.8, 4) is 0 Å². The van der Waals surface area contributed by atoms with Crippen LogP contribution in [0.1, 0.15) is 71.6 Å². The molecule has 6 rings (SSSR count). The maximum Gasteiger partial charge on any atom is 0.331 e. The van der Waals surface area contributed by atoms with Crippen molar-refractivity contribution in [3.63, 3.8) is 0 Å². The summed E-state index contributed by atoms with van der Waals surface area (Å²) in [6.45, 7) is 4.65. The molecule has 220 valence electrons. The second-order valence-corrected chi connectivity index (χ2v) is 13.7. The molecule has 4 N–H and O–H groups in total. The van der Waals surface area contributed by atoms with Gasteiger partial charge in [0.05, 0.1) is 18.3 Å². The molecule has 5 fully saturated rings. The molecule has 0 aromatic carbocycles. The molecule has 4 saturated carbocycles. The van der Waals surface area contributed by atoms with Crippen molar-refractivity contribution < 1.29 is 44.2 Å². The van der Waals surface area contributed by atoms with E-state index < -0.39 is 36.3 Å². The first-order valence-corrected chi connectivity index (χ1v) is 15.0. The zero-order valence-electron chi connectivity index (χ0n) is 23.5. The first-order valence-electron chi connectivity index (χ1n) is 15.0. The fourth-order valence-corrected chi connectivity index (χ4v) is 10.1. The number of esters is 1. The molecule has 2 aliphatic heterocycles. The SMILES string of the molecule is COC1C(O)C(CO)OC(OC2CCC3(C)C(CCC4C3CCC3(C)C(C5=CC(=O)OC5)CCC43O)C2)C1O. The predicted molar refractivity (Wildman–Crippen MR) is 139 cm³/mol. The molecular weight excluding hydrogens is 504 g/mol. The van der Waals surface area contributed by atoms with E-state index in [0.29, 0.717) is 18.4 Å². The van der Waals surface area contributed by atoms with Gasteiger partial charge in [0.25, 0.3) is 0 Å². The van der Waals surface area contributed by atoms with E-state index >= 15 is 0 Å². The van der Waals surface area contributed by atoms with Gasteiger partial charge in [-0.1, -0.05) is 13.8 Å². The van der Waals surface area contributed by atoms with Crippen LogP contribution in [0.3, 0.4) is 0 Å². The number of aliphatic hydroxyl groups is 4. The maximum atomic E-state index is 12.4. The normalized spacial score (nSPS) is 53.4. The van der Waals surface area contributed by atoms with Crippen LogP contribution in [0.2, 0.25) is 0 Å². The summed E-state index contributed by atoms with van der Waals surface area (Å²) < 4.78 is 22.6. The summed E-state index contributed by atoms with van der Waals surface area (Å²) in [6, 6.07) is 0. The molecule has 0 aromatic rings. The third-order valence-corrected chi connectivity index (χ3v) is 12.4. The van der Waals surface area contributed by atoms with E-state index in [0.717, 1.165) is 63.4 Å². The number of methoxy groups -OCH3 is 1. The number of hydrogen-bond acceptors (Lipinski definition) is 9. The molecule has 0 spiro atoms. The van der Waals surface area contributed by atoms with E-state index in [4.69, 9.17) is 18.9 Å². The van der Waals surface area contributed by atoms with Gasteiger partial charge in [-0.25, -0.2) is 4.79 Å². The summed E-state index contributed by atoms with van der Waals surface area (Å²) in [5.74, 6) is 1.08. The van der Waals surface area contributed by atoms with Gasteiger partial charge in [-0.2, -0.15) is 0 Å². The minimum atomic E-state index is -1.15. The van der Waals surface area contributed by atoms with E-state index in [1.807, 2.05) is 0 Å². The van der Waals surface area contributed by atoms with Crippen molar-refractivity contribution in [1.29, 1.82) is 0 Å². The third-order valence-electron chi connectivity index (χ3n) is 12.4. The molecule has 0 aromatic heterocycles. The highest BCUT2D eigenvalue weighted by Gasteiger charge is 2.67. The summed E-state index contributed by atoms with van der Waals surface area (Å²) in [6.07, 6.45) is 4.98. The molecule has 0 radical (unpaired) electrons. The van der Waals surface area contributed by atoms with Crippen molar-refractivity contribution in [2.45, 2.75) is 114 Å². The number of carbonyl (C=O) groups excluding carboxylic acids is 1. The minimum absolute atomic E-state index is 0.0917. The van der Waals surface area contributed by atoms with Crippen molar-refractivity contribution in [1.82, 2.24) is 0 Å². The molecule has 0 amide bonds. The molecule has 2 heterocycles. The Bertz CT molecular complexity index is 985. The molecule has 13 atom stereocenters. The molecule has 4 aliphatic carbocycles. The fraction of sp³-hybridized carbons (Fsp3) is 0.900. The number of cyclic esters (lactones) is 1. The summed E-state index contributed by atoms with van der Waals surface area (Å²) in [7, 11) is 1.42. The average Bonchev–Trinajstić information content (AvgIpc) is 3.45. The maximum absolute atomic E-state index is 12.4. The Kier molecular flexibility index (Phi) is 7.22. The van der Waals surface area contributed by atoms with Crippen molar-refractivity contribution in [3.05, 3.63) is 11.6 Å². The van der Waals surface area contributed by atoms with E-state index in [1.54, 1.807) is 6.08 Å². The Morgan fingerprint density at radius 1 is 1.03 bits per heavy atom. The van der Waals surface area contributed by atoms with Gasteiger partial charge in [-0.3, -0.25) is 0 Å². The number of hydrogen-bond donors (Lipinski definition) is 4. The Hall–Kier alpha value is -1.07. The zero-order chi connectivity index (χ0) is 27.7. The van der Waals surface area contributed by atoms with Crippen LogP contribution in [0.4, 0.5) is 0 Å². The summed E-state index contributed by atoms with van der Waals surface area (Å²) in [5.41, 5.74) is 0.198. The first kappa shape index (κ1) is 28.1. The van der Waals surface area contributed by atoms with Crippen LogP contribution in [0.25, 0.3) is 0 Å². The topological polar surface area (TPSA) is 135 Å². The van der Waals surface area contributed by atoms with Gasteiger partial charge in [-0.05, 0) is 92.4 Å². The lowest BCUT2D eigenvalue weighted by atomic mass is 9.43. The van der Waals surface area contributed by atoms with Gasteiger partial charge in [0.2, 0.25) is 0 Å². The second-order valence-electron chi connectivity index (χ2n) is 13.7. The smallest absolute Gasteiger partial charge is 0.331 e. The molecule has 9 heteroatoms. The fourth-order valence-electron chi connectivity index (χ4n) is 10.1. The largest absolute Gasteiger partial charge is 0.458 e. The lowest BCUT2D eigenvalue weighted by molar-refractivity contribution is -0.320. The molecular formula is C30H46O9. The molecule has 39 heavy (non-hydrogen) atoms. The van der Waals surface area contributed by atoms with Crippen LogP contribution in [0, 0.1) is 34.5 Å². The Morgan fingerprint density at radius 2 is 1.82 bits per heavy atom. The number of aliphatic hydroxyl groups excluding tert-OH is 3. The van der Waals surface area contributed by atoms with Crippen LogP contribution >= 0.6 is 0 Å². The summed E-state index contributed by atoms with van der Waals surface area (Å²) in [5, 5.41) is 43.2. The van der Waals surface area contributed by atoms with Crippen LogP contribution in [0.5, 0.6) is 0 Å². The minimum Gasteiger partial charge on any atom is -0.458 e. The number of fused-ring (bicyclic) bond motifs is 5. The highest BCUT2D eigenvalue weighted by atomic mass is 16.7. The summed E-state index contributed by atoms with van der Waals surface area (Å²) in [4.78, 5) is 11.8. The van der Waals surface area contributed by atoms with Crippen LogP contribution in [-0.4, -0.2) is 89.1 Å². The number of rotatable bonds is 5. The van der Waals surface area contributed by atoms with E-state index in [2.05, 4.69) is 13.8 Å². The summed E-state index contributed by atoms with van der Waals surface area (Å²) >= 11 is 0. The van der Waals surface area contributed by atoms with Gasteiger partial charge in [-0.15, -0.1) is 0 Å². The molecule has 9 nitrogen and oxygen atoms in total. The van der Waals surface area contributed by atoms with Crippen molar-refractivity contribution in [2.24, 2.45) is 34.5 Å². The van der Waals surface area contributed by atoms with Gasteiger partial charge >= 0.3 is 5.97 Å². The van der Waals surface area contributed by atoms with Gasteiger partial charge in [0.1, 0.15) is 31.0 Å². The second kappa shape index (κ2) is 10.0. The number of ether oxygens (including phenoxy) is 4. The third kappa shape index (κ3) is 4.17. The molecule has 6 aliphatic rings. The highest BCUT2D eigenvalue weighted by molar-refractivity contribution is 5.85. The molecule has 0 bridgehead atoms. The van der Waals surface area contributed by atoms with Crippen LogP contribution < -0.4 is 0 Å². The van der Waals surface area contributed by atoms with Gasteiger partial charge in [0, 0.05) is 18.6 Å². The lowest BCUT2D eigenvalue weighted by Crippen LogP contribution is -2.63. The standard InChI is InChI=1S/C30H46O9/c1-28-9-6-18(38-27-25(34)26(36-3)24(33)22(14-31)39-27)13-17(28)4-5-21-20(28)7-10-29(2)19(8-11-30(21,29)35)16-12-23(32)37-15-16/h12,17-22,24-27,31,33-35H,4-11,13-15H2,1-3H3. The number of carbonyl (C=O) groups is 1. The van der Waals surface area contributed by atoms with Crippen LogP contribution in [0.15, 0.2) is 11.6 Å². The van der Waals surface area contributed by atoms with Gasteiger partial charge in [0.15, 0.2) is 6.29 Å². The molecule has 1 saturated heterocycles. The predicted octanol–water partition coefficient (Wildman–Crippen LogP) is 2.08. The van der Waals surface area contributed by atoms with E-state index in [-0.39, 0.29) is 41.3 Å². The quantitative estimate of drug-likeness (QED) is 0.300. The van der Waals surface area contributed by atoms with Crippen molar-refractivity contribution in [2.75, 3.05) is 20.3 Å². The molecule has 13 unspecified atom stereocenters. The van der Waals surface area contributed by atoms with Crippen molar-refractivity contribution >= 4 is 5.97 Å². The highest BCUT2D eigenvalue weighted by Crippen LogP contribution is 2.70. The monoisotopic (exact) mass is 550 g/mol. The Morgan fingerprint density at radius 3 is 2.51 bits per heavy atom. The van der Waals surface area contributed by atoms with Gasteiger partial charge < -0.3 is 39.4 Å². The van der Waals surface area contributed by atoms with E-state index in [1.165, 1.54) is 7.11 Å². The zero-order valence-corrected chi connectivity index (χ0v) is 23.5. The Balaban J connectivity index is 1.15. The van der Waals surface area contributed by atoms with Crippen LogP contribution in [-0.2, 0) is 23.7 Å².